The van der Waals surface area contributed by atoms with E-state index in [1.165, 1.54) is 0 Å². The summed E-state index contributed by atoms with van der Waals surface area (Å²) < 4.78 is 172. The van der Waals surface area contributed by atoms with Crippen molar-refractivity contribution in [2.75, 3.05) is 6.54 Å². The lowest BCUT2D eigenvalue weighted by Crippen LogP contribution is -2.71. The number of likely N-dealkylation sites (N-methyl/N-ethyl adjacent to an activating group) is 1. The summed E-state index contributed by atoms with van der Waals surface area (Å²) in [6.07, 6.45) is -8.00. The van der Waals surface area contributed by atoms with Crippen LogP contribution in [-0.2, 0) is 4.79 Å². The smallest absolute Gasteiger partial charge is 0.236 e. The van der Waals surface area contributed by atoms with E-state index in [-0.39, 0.29) is 0 Å². The van der Waals surface area contributed by atoms with Crippen molar-refractivity contribution in [2.45, 2.75) is 75.1 Å². The standard InChI is InChI=1S/C16H17F13NO/c1-5-8-9(30(8,6-2)10(31)7(3)4)11(17,18)12(19,20)13(21,22)14(23,24)15(25,26)16(27,28)29/h8-9H,3,5-6H2,1-2,4H3/q+1. The topological polar surface area (TPSA) is 17.1 Å². The molecule has 0 spiro atoms. The summed E-state index contributed by atoms with van der Waals surface area (Å²) in [7, 11) is 0. The highest BCUT2D eigenvalue weighted by molar-refractivity contribution is 5.88. The van der Waals surface area contributed by atoms with E-state index in [0.29, 0.717) is 0 Å². The second-order valence-electron chi connectivity index (χ2n) is 7.17. The van der Waals surface area contributed by atoms with E-state index >= 15 is 0 Å². The molecule has 0 radical (unpaired) electrons. The van der Waals surface area contributed by atoms with Crippen molar-refractivity contribution in [3.63, 3.8) is 0 Å². The lowest BCUT2D eigenvalue weighted by Gasteiger charge is -2.39. The molecule has 1 rings (SSSR count). The summed E-state index contributed by atoms with van der Waals surface area (Å²) >= 11 is 0. The zero-order valence-corrected chi connectivity index (χ0v) is 16.0. The molecule has 1 amide bonds. The Morgan fingerprint density at radius 3 is 1.45 bits per heavy atom. The van der Waals surface area contributed by atoms with E-state index in [1.807, 2.05) is 0 Å². The van der Waals surface area contributed by atoms with Crippen molar-refractivity contribution in [1.29, 1.82) is 0 Å². The number of carbonyl (C=O) groups is 1. The van der Waals surface area contributed by atoms with Crippen LogP contribution < -0.4 is 0 Å². The number of nitrogens with zero attached hydrogens (tertiary/aromatic N) is 1. The molecule has 0 aromatic carbocycles. The molecule has 0 saturated carbocycles. The van der Waals surface area contributed by atoms with E-state index in [2.05, 4.69) is 6.58 Å². The van der Waals surface area contributed by atoms with Gasteiger partial charge in [-0.05, 0) is 13.8 Å². The maximum absolute atomic E-state index is 14.6. The van der Waals surface area contributed by atoms with Crippen LogP contribution in [0.1, 0.15) is 27.2 Å². The van der Waals surface area contributed by atoms with Gasteiger partial charge in [0.05, 0.1) is 6.54 Å². The fraction of sp³-hybridized carbons (Fsp3) is 0.812. The molecule has 3 unspecified atom stereocenters. The van der Waals surface area contributed by atoms with E-state index in [0.717, 1.165) is 20.8 Å². The van der Waals surface area contributed by atoms with E-state index in [9.17, 15) is 61.9 Å². The molecule has 15 heteroatoms. The largest absolute Gasteiger partial charge is 0.460 e. The van der Waals surface area contributed by atoms with Crippen LogP contribution in [0.2, 0.25) is 0 Å². The number of amides is 1. The van der Waals surface area contributed by atoms with Crippen molar-refractivity contribution in [3.05, 3.63) is 12.2 Å². The Kier molecular flexibility index (Phi) is 6.42. The average Bonchev–Trinajstić information content (AvgIpc) is 3.29. The molecule has 182 valence electrons. The SMILES string of the molecule is C=C(C)C(=O)[N+]1(CC)C(CC)C1C(F)(F)C(F)(F)C(F)(F)C(F)(F)C(F)(F)C(F)(F)F. The minimum Gasteiger partial charge on any atom is -0.236 e. The van der Waals surface area contributed by atoms with Gasteiger partial charge in [-0.2, -0.15) is 57.1 Å². The molecule has 3 atom stereocenters. The second kappa shape index (κ2) is 7.24. The van der Waals surface area contributed by atoms with Gasteiger partial charge in [-0.3, -0.25) is 0 Å². The van der Waals surface area contributed by atoms with Crippen LogP contribution in [0, 0.1) is 0 Å². The summed E-state index contributed by atoms with van der Waals surface area (Å²) in [6.45, 7) is 5.42. The predicted octanol–water partition coefficient (Wildman–Crippen LogP) is 5.83. The molecule has 0 N–H and O–H groups in total. The van der Waals surface area contributed by atoms with Gasteiger partial charge < -0.3 is 0 Å². The molecule has 1 aliphatic rings. The number of quaternary nitrogens is 1. The second-order valence-corrected chi connectivity index (χ2v) is 7.17. The zero-order valence-electron chi connectivity index (χ0n) is 16.0. The molecule has 0 bridgehead atoms. The third kappa shape index (κ3) is 3.24. The van der Waals surface area contributed by atoms with Gasteiger partial charge in [0.15, 0.2) is 6.04 Å². The van der Waals surface area contributed by atoms with Crippen molar-refractivity contribution < 1.29 is 66.4 Å². The number of halogens is 13. The lowest BCUT2D eigenvalue weighted by molar-refractivity contribution is -0.753. The first-order valence-corrected chi connectivity index (χ1v) is 8.52. The highest BCUT2D eigenvalue weighted by Gasteiger charge is 2.95. The number of hydrogen-bond donors (Lipinski definition) is 0. The van der Waals surface area contributed by atoms with Crippen molar-refractivity contribution in [3.8, 4) is 0 Å². The first-order chi connectivity index (χ1) is 13.5. The Balaban J connectivity index is 3.64. The van der Waals surface area contributed by atoms with Crippen LogP contribution in [0.3, 0.4) is 0 Å². The maximum atomic E-state index is 14.6. The molecule has 1 heterocycles. The molecule has 1 saturated heterocycles. The van der Waals surface area contributed by atoms with Gasteiger partial charge in [-0.1, -0.05) is 13.5 Å². The molecule has 31 heavy (non-hydrogen) atoms. The van der Waals surface area contributed by atoms with Crippen LogP contribution in [0.15, 0.2) is 12.2 Å². The molecule has 0 aromatic heterocycles. The van der Waals surface area contributed by atoms with E-state index in [1.54, 1.807) is 0 Å². The summed E-state index contributed by atoms with van der Waals surface area (Å²) in [5.74, 6) is -38.6. The molecule has 2 nitrogen and oxygen atoms in total. The fourth-order valence-corrected chi connectivity index (χ4v) is 3.71. The quantitative estimate of drug-likeness (QED) is 0.183. The van der Waals surface area contributed by atoms with Gasteiger partial charge >= 0.3 is 41.7 Å². The maximum Gasteiger partial charge on any atom is 0.460 e. The normalized spacial score (nSPS) is 26.1. The minimum atomic E-state index is -7.96. The molecule has 0 aromatic rings. The number of alkyl halides is 13. The first kappa shape index (κ1) is 27.5. The van der Waals surface area contributed by atoms with Crippen LogP contribution in [0.25, 0.3) is 0 Å². The fourth-order valence-electron chi connectivity index (χ4n) is 3.71. The van der Waals surface area contributed by atoms with Gasteiger partial charge in [0, 0.05) is 12.0 Å². The number of rotatable bonds is 8. The van der Waals surface area contributed by atoms with Crippen molar-refractivity contribution in [2.24, 2.45) is 0 Å². The summed E-state index contributed by atoms with van der Waals surface area (Å²) in [5, 5.41) is 0. The van der Waals surface area contributed by atoms with Gasteiger partial charge in [0.2, 0.25) is 6.04 Å². The van der Waals surface area contributed by atoms with Crippen LogP contribution in [-0.4, -0.2) is 64.8 Å². The Morgan fingerprint density at radius 1 is 0.774 bits per heavy atom. The van der Waals surface area contributed by atoms with Gasteiger partial charge in [-0.25, -0.2) is 9.28 Å². The van der Waals surface area contributed by atoms with Crippen LogP contribution in [0.4, 0.5) is 57.1 Å². The van der Waals surface area contributed by atoms with Crippen molar-refractivity contribution >= 4 is 5.91 Å². The van der Waals surface area contributed by atoms with E-state index < -0.39 is 76.8 Å². The molecular weight excluding hydrogens is 469 g/mol. The third-order valence-corrected chi connectivity index (χ3v) is 5.38. The average molecular weight is 486 g/mol. The molecule has 1 fully saturated rings. The number of carbonyl (C=O) groups excluding carboxylic acids is 1. The highest BCUT2D eigenvalue weighted by Crippen LogP contribution is 2.64. The Bertz CT molecular complexity index is 742. The van der Waals surface area contributed by atoms with Gasteiger partial charge in [0.25, 0.3) is 0 Å². The summed E-state index contributed by atoms with van der Waals surface area (Å²) in [5.41, 5.74) is -0.484. The Morgan fingerprint density at radius 2 is 1.16 bits per heavy atom. The summed E-state index contributed by atoms with van der Waals surface area (Å²) in [4.78, 5) is 12.2. The van der Waals surface area contributed by atoms with Gasteiger partial charge in [0.1, 0.15) is 0 Å². The highest BCUT2D eigenvalue weighted by atomic mass is 19.4. The zero-order chi connectivity index (χ0) is 25.2. The Hall–Kier alpha value is -1.54. The summed E-state index contributed by atoms with van der Waals surface area (Å²) in [6, 6.07) is -4.93. The predicted molar refractivity (Wildman–Crippen MR) is 79.3 cm³/mol. The first-order valence-electron chi connectivity index (χ1n) is 8.52. The van der Waals surface area contributed by atoms with Crippen LogP contribution >= 0.6 is 0 Å². The number of hydrogen-bond acceptors (Lipinski definition) is 1. The monoisotopic (exact) mass is 486 g/mol. The van der Waals surface area contributed by atoms with Crippen molar-refractivity contribution in [1.82, 2.24) is 0 Å². The minimum absolute atomic E-state index is 0.484. The van der Waals surface area contributed by atoms with Gasteiger partial charge in [-0.15, -0.1) is 0 Å². The molecular formula is C16H17F13NO+. The van der Waals surface area contributed by atoms with Crippen LogP contribution in [0.5, 0.6) is 0 Å². The third-order valence-electron chi connectivity index (χ3n) is 5.38. The lowest BCUT2D eigenvalue weighted by atomic mass is 9.91. The molecule has 1 aliphatic heterocycles. The molecule has 0 aliphatic carbocycles. The Labute approximate surface area is 167 Å². The van der Waals surface area contributed by atoms with E-state index in [4.69, 9.17) is 0 Å².